The highest BCUT2D eigenvalue weighted by Gasteiger charge is 2.36. The van der Waals surface area contributed by atoms with Crippen molar-refractivity contribution >= 4 is 10.1 Å². The fourth-order valence-corrected chi connectivity index (χ4v) is 3.94. The molecule has 1 rings (SSSR count). The fraction of sp³-hybridized carbons (Fsp3) is 1.00. The van der Waals surface area contributed by atoms with Crippen LogP contribution in [-0.4, -0.2) is 37.6 Å². The van der Waals surface area contributed by atoms with Gasteiger partial charge in [-0.25, -0.2) is 8.42 Å². The molecule has 0 amide bonds. The van der Waals surface area contributed by atoms with Crippen molar-refractivity contribution in [3.63, 3.8) is 0 Å². The van der Waals surface area contributed by atoms with Gasteiger partial charge in [0.1, 0.15) is 0 Å². The van der Waals surface area contributed by atoms with Gasteiger partial charge in [-0.3, -0.25) is 0 Å². The van der Waals surface area contributed by atoms with E-state index in [-0.39, 0.29) is 0 Å². The van der Waals surface area contributed by atoms with Crippen molar-refractivity contribution in [2.45, 2.75) is 122 Å². The first-order chi connectivity index (χ1) is 13.6. The highest BCUT2D eigenvalue weighted by atomic mass is 32.2. The first-order valence-electron chi connectivity index (χ1n) is 11.5. The summed E-state index contributed by atoms with van der Waals surface area (Å²) in [5.41, 5.74) is -5.65. The van der Waals surface area contributed by atoms with Gasteiger partial charge in [-0.15, -0.1) is 0 Å². The topological polar surface area (TPSA) is 61.6 Å². The third-order valence-electron chi connectivity index (χ3n) is 5.67. The fourth-order valence-electron chi connectivity index (χ4n) is 3.94. The average molecular weight is 446 g/mol. The van der Waals surface area contributed by atoms with Crippen LogP contribution in [0.15, 0.2) is 0 Å². The summed E-state index contributed by atoms with van der Waals surface area (Å²) in [7, 11) is -6.09. The molecule has 1 heterocycles. The highest BCUT2D eigenvalue weighted by Crippen LogP contribution is 2.20. The van der Waals surface area contributed by atoms with Crippen LogP contribution in [0.25, 0.3) is 0 Å². The Bertz CT molecular complexity index is 484. The first-order valence-corrected chi connectivity index (χ1v) is 12.9. The van der Waals surface area contributed by atoms with Crippen LogP contribution >= 0.6 is 0 Å². The molecular weight excluding hydrogens is 403 g/mol. The van der Waals surface area contributed by atoms with Crippen LogP contribution in [0.3, 0.4) is 0 Å². The molecule has 2 atom stereocenters. The highest BCUT2D eigenvalue weighted by molar-refractivity contribution is 7.86. The Hall–Kier alpha value is -0.340. The van der Waals surface area contributed by atoms with Gasteiger partial charge in [0, 0.05) is 0 Å². The number of nitrogens with one attached hydrogen (secondary N) is 1. The van der Waals surface area contributed by atoms with Gasteiger partial charge in [0.05, 0.1) is 19.1 Å². The summed E-state index contributed by atoms with van der Waals surface area (Å²) < 4.78 is 58.9. The average Bonchev–Trinajstić information content (AvgIpc) is 2.65. The largest absolute Gasteiger partial charge is 0.741 e. The third-order valence-corrected chi connectivity index (χ3v) is 6.24. The molecule has 0 saturated carbocycles. The van der Waals surface area contributed by atoms with Crippen LogP contribution in [0.2, 0.25) is 0 Å². The lowest BCUT2D eigenvalue weighted by molar-refractivity contribution is -0.931. The molecule has 1 N–H and O–H groups in total. The molecule has 0 radical (unpaired) electrons. The number of piperidine rings is 1. The smallest absolute Gasteiger partial charge is 0.485 e. The van der Waals surface area contributed by atoms with E-state index in [1.54, 1.807) is 0 Å². The quantitative estimate of drug-likeness (QED) is 0.241. The Morgan fingerprint density at radius 3 is 1.83 bits per heavy atom. The third kappa shape index (κ3) is 15.2. The Labute approximate surface area is 176 Å². The normalized spacial score (nSPS) is 20.2. The summed E-state index contributed by atoms with van der Waals surface area (Å²) in [6, 6.07) is 1.01. The summed E-state index contributed by atoms with van der Waals surface area (Å²) in [6.07, 6.45) is 22.0. The number of likely N-dealkylation sites (tertiary alicyclic amines) is 1. The van der Waals surface area contributed by atoms with Gasteiger partial charge in [0.25, 0.3) is 0 Å². The first kappa shape index (κ1) is 28.7. The van der Waals surface area contributed by atoms with Crippen molar-refractivity contribution in [1.82, 2.24) is 0 Å². The molecule has 1 saturated heterocycles. The molecule has 4 nitrogen and oxygen atoms in total. The molecule has 8 heteroatoms. The number of rotatable bonds is 13. The van der Waals surface area contributed by atoms with Crippen LogP contribution in [0, 0.1) is 0 Å². The van der Waals surface area contributed by atoms with E-state index in [1.807, 2.05) is 4.90 Å². The maximum Gasteiger partial charge on any atom is 0.485 e. The maximum atomic E-state index is 10.7. The molecule has 29 heavy (non-hydrogen) atoms. The summed E-state index contributed by atoms with van der Waals surface area (Å²) in [4.78, 5) is 1.96. The zero-order chi connectivity index (χ0) is 22.2. The van der Waals surface area contributed by atoms with Gasteiger partial charge in [-0.05, 0) is 44.9 Å². The molecule has 1 fully saturated rings. The zero-order valence-corrected chi connectivity index (χ0v) is 19.2. The van der Waals surface area contributed by atoms with Crippen molar-refractivity contribution in [1.29, 1.82) is 0 Å². The Kier molecular flexibility index (Phi) is 16.2. The summed E-state index contributed by atoms with van der Waals surface area (Å²) in [6.45, 7) is 7.56. The zero-order valence-electron chi connectivity index (χ0n) is 18.4. The second-order valence-electron chi connectivity index (χ2n) is 8.22. The van der Waals surface area contributed by atoms with Gasteiger partial charge in [-0.1, -0.05) is 65.2 Å². The molecule has 0 aromatic rings. The lowest BCUT2D eigenvalue weighted by Gasteiger charge is -2.32. The molecule has 0 aliphatic carbocycles. The number of hydrogen-bond acceptors (Lipinski definition) is 3. The molecule has 1 aliphatic rings. The van der Waals surface area contributed by atoms with Gasteiger partial charge >= 0.3 is 5.51 Å². The number of hydrogen-bond donors (Lipinski definition) is 1. The Morgan fingerprint density at radius 1 is 0.862 bits per heavy atom. The van der Waals surface area contributed by atoms with Crippen molar-refractivity contribution in [2.24, 2.45) is 0 Å². The van der Waals surface area contributed by atoms with E-state index in [0.29, 0.717) is 0 Å². The number of alkyl halides is 3. The SMILES string of the molecule is CCCCCCCCCCC[NH+]1CCCCC1CCCC.O=S(=O)([O-])C(F)(F)F. The molecule has 0 bridgehead atoms. The van der Waals surface area contributed by atoms with Crippen molar-refractivity contribution in [2.75, 3.05) is 13.1 Å². The van der Waals surface area contributed by atoms with Gasteiger partial charge in [-0.2, -0.15) is 13.2 Å². The van der Waals surface area contributed by atoms with E-state index in [9.17, 15) is 13.2 Å². The molecule has 0 aromatic heterocycles. The molecule has 176 valence electrons. The van der Waals surface area contributed by atoms with Gasteiger partial charge < -0.3 is 9.45 Å². The predicted octanol–water partition coefficient (Wildman–Crippen LogP) is 5.20. The van der Waals surface area contributed by atoms with Crippen LogP contribution in [-0.2, 0) is 10.1 Å². The predicted molar refractivity (Wildman–Crippen MR) is 111 cm³/mol. The monoisotopic (exact) mass is 445 g/mol. The molecule has 1 aliphatic heterocycles. The van der Waals surface area contributed by atoms with Crippen LogP contribution in [0.4, 0.5) is 13.2 Å². The van der Waals surface area contributed by atoms with Crippen molar-refractivity contribution in [3.05, 3.63) is 0 Å². The number of halogens is 3. The van der Waals surface area contributed by atoms with E-state index in [2.05, 4.69) is 13.8 Å². The minimum absolute atomic E-state index is 1.01. The Morgan fingerprint density at radius 2 is 1.34 bits per heavy atom. The van der Waals surface area contributed by atoms with Gasteiger partial charge in [0.2, 0.25) is 0 Å². The van der Waals surface area contributed by atoms with E-state index in [1.165, 1.54) is 109 Å². The molecule has 2 unspecified atom stereocenters. The van der Waals surface area contributed by atoms with Crippen molar-refractivity contribution < 1.29 is 31.0 Å². The van der Waals surface area contributed by atoms with Gasteiger partial charge in [0.15, 0.2) is 10.1 Å². The number of quaternary nitrogens is 1. The lowest BCUT2D eigenvalue weighted by Crippen LogP contribution is -3.16. The second kappa shape index (κ2) is 16.4. The molecule has 0 aromatic carbocycles. The van der Waals surface area contributed by atoms with Crippen LogP contribution in [0.1, 0.15) is 110 Å². The summed E-state index contributed by atoms with van der Waals surface area (Å²) in [5.74, 6) is 0. The van der Waals surface area contributed by atoms with Crippen LogP contribution < -0.4 is 4.90 Å². The molecular formula is C21H42F3NO3S. The van der Waals surface area contributed by atoms with E-state index >= 15 is 0 Å². The minimum Gasteiger partial charge on any atom is -0.741 e. The standard InChI is InChI=1S/C20H41N.CHF3O3S/c1-3-5-7-8-9-10-11-12-14-18-21-19-15-13-17-20(21)16-6-4-2;2-1(3,4)8(5,6)7/h20H,3-19H2,1-2H3;(H,5,6,7). The lowest BCUT2D eigenvalue weighted by atomic mass is 9.97. The summed E-state index contributed by atoms with van der Waals surface area (Å²) >= 11 is 0. The second-order valence-corrected chi connectivity index (χ2v) is 9.59. The maximum absolute atomic E-state index is 10.7. The van der Waals surface area contributed by atoms with Crippen LogP contribution in [0.5, 0.6) is 0 Å². The minimum atomic E-state index is -6.09. The van der Waals surface area contributed by atoms with E-state index in [4.69, 9.17) is 13.0 Å². The van der Waals surface area contributed by atoms with Crippen molar-refractivity contribution in [3.8, 4) is 0 Å². The molecule has 0 spiro atoms. The van der Waals surface area contributed by atoms with E-state index in [0.717, 1.165) is 6.04 Å². The Balaban J connectivity index is 0.000000828. The van der Waals surface area contributed by atoms with E-state index < -0.39 is 15.6 Å². The summed E-state index contributed by atoms with van der Waals surface area (Å²) in [5, 5.41) is 0. The number of unbranched alkanes of at least 4 members (excludes halogenated alkanes) is 9.